The number of hydrogen-bond donors (Lipinski definition) is 2. The zero-order valence-corrected chi connectivity index (χ0v) is 15.7. The molecule has 0 bridgehead atoms. The molecule has 3 aromatic carbocycles. The maximum Gasteiger partial charge on any atom is 0.263 e. The van der Waals surface area contributed by atoms with Crippen molar-refractivity contribution in [2.24, 2.45) is 12.2 Å². The number of para-hydroxylation sites is 1. The summed E-state index contributed by atoms with van der Waals surface area (Å²) in [6.45, 7) is 0. The molecule has 1 unspecified atom stereocenters. The van der Waals surface area contributed by atoms with Crippen LogP contribution in [-0.4, -0.2) is 20.5 Å². The molecule has 2 heterocycles. The van der Waals surface area contributed by atoms with Gasteiger partial charge in [-0.05, 0) is 29.0 Å². The van der Waals surface area contributed by atoms with Crippen molar-refractivity contribution in [2.45, 2.75) is 12.5 Å². The highest BCUT2D eigenvalue weighted by Crippen LogP contribution is 2.40. The first-order valence-corrected chi connectivity index (χ1v) is 9.30. The van der Waals surface area contributed by atoms with Gasteiger partial charge in [-0.1, -0.05) is 47.6 Å². The minimum Gasteiger partial charge on any atom is -0.508 e. The van der Waals surface area contributed by atoms with Gasteiger partial charge in [0.1, 0.15) is 22.8 Å². The normalized spacial score (nSPS) is 16.2. The lowest BCUT2D eigenvalue weighted by molar-refractivity contribution is 0.0849. The molecule has 0 fully saturated rings. The highest BCUT2D eigenvalue weighted by atomic mass is 16.6. The summed E-state index contributed by atoms with van der Waals surface area (Å²) < 4.78 is 1.50. The molecule has 6 nitrogen and oxygen atoms in total. The van der Waals surface area contributed by atoms with E-state index in [1.54, 1.807) is 31.3 Å². The first kappa shape index (κ1) is 17.3. The average Bonchev–Trinajstić information content (AvgIpc) is 3.21. The van der Waals surface area contributed by atoms with Gasteiger partial charge in [0, 0.05) is 24.4 Å². The summed E-state index contributed by atoms with van der Waals surface area (Å²) in [6, 6.07) is 18.3. The Morgan fingerprint density at radius 3 is 2.55 bits per heavy atom. The quantitative estimate of drug-likeness (QED) is 0.546. The number of rotatable bonds is 2. The monoisotopic (exact) mass is 386 g/mol. The van der Waals surface area contributed by atoms with E-state index >= 15 is 0 Å². The first-order chi connectivity index (χ1) is 14.1. The van der Waals surface area contributed by atoms with Crippen molar-refractivity contribution in [1.29, 1.82) is 0 Å². The van der Waals surface area contributed by atoms with E-state index < -0.39 is 6.10 Å². The summed E-state index contributed by atoms with van der Waals surface area (Å²) in [6.07, 6.45) is -0.283. The fourth-order valence-electron chi connectivity index (χ4n) is 4.04. The number of phenols is 1. The largest absolute Gasteiger partial charge is 0.508 e. The number of benzene rings is 3. The predicted molar refractivity (Wildman–Crippen MR) is 111 cm³/mol. The topological polar surface area (TPSA) is 84.1 Å². The van der Waals surface area contributed by atoms with Crippen LogP contribution in [0.1, 0.15) is 23.7 Å². The van der Waals surface area contributed by atoms with Crippen molar-refractivity contribution in [3.05, 3.63) is 82.1 Å². The second-order valence-electron chi connectivity index (χ2n) is 7.16. The smallest absolute Gasteiger partial charge is 0.263 e. The van der Waals surface area contributed by atoms with Gasteiger partial charge in [0.25, 0.3) is 5.56 Å². The van der Waals surface area contributed by atoms with Gasteiger partial charge in [-0.25, -0.2) is 0 Å². The number of aryl methyl sites for hydroxylation is 1. The van der Waals surface area contributed by atoms with Crippen LogP contribution < -0.4 is 5.56 Å². The van der Waals surface area contributed by atoms with Gasteiger partial charge in [0.15, 0.2) is 6.10 Å². The van der Waals surface area contributed by atoms with E-state index in [0.717, 1.165) is 10.8 Å². The van der Waals surface area contributed by atoms with Gasteiger partial charge in [-0.2, -0.15) is 0 Å². The molecule has 144 valence electrons. The molecule has 1 atom stereocenters. The molecule has 0 saturated carbocycles. The molecular formula is C23H18N2O4. The fourth-order valence-corrected chi connectivity index (χ4v) is 4.04. The van der Waals surface area contributed by atoms with Gasteiger partial charge in [0.2, 0.25) is 0 Å². The summed E-state index contributed by atoms with van der Waals surface area (Å²) >= 11 is 0. The van der Waals surface area contributed by atoms with E-state index in [9.17, 15) is 15.0 Å². The number of nitrogens with zero attached hydrogens (tertiary/aromatic N) is 2. The van der Waals surface area contributed by atoms with Crippen LogP contribution in [0, 0.1) is 0 Å². The lowest BCUT2D eigenvalue weighted by atomic mass is 9.94. The Kier molecular flexibility index (Phi) is 3.81. The Labute approximate surface area is 165 Å². The summed E-state index contributed by atoms with van der Waals surface area (Å²) in [5.74, 6) is 0.00891. The summed E-state index contributed by atoms with van der Waals surface area (Å²) in [4.78, 5) is 18.6. The molecule has 0 spiro atoms. The minimum absolute atomic E-state index is 0.103. The first-order valence-electron chi connectivity index (χ1n) is 9.30. The second kappa shape index (κ2) is 6.38. The molecule has 5 rings (SSSR count). The molecule has 0 saturated heterocycles. The molecule has 4 aromatic rings. The molecule has 1 aromatic heterocycles. The Morgan fingerprint density at radius 2 is 1.72 bits per heavy atom. The molecule has 1 aliphatic heterocycles. The number of pyridine rings is 1. The molecule has 1 aliphatic rings. The zero-order valence-electron chi connectivity index (χ0n) is 15.7. The average molecular weight is 386 g/mol. The van der Waals surface area contributed by atoms with Crippen molar-refractivity contribution in [3.8, 4) is 11.5 Å². The fraction of sp³-hybridized carbons (Fsp3) is 0.130. The van der Waals surface area contributed by atoms with E-state index in [1.807, 2.05) is 36.4 Å². The Balaban J connectivity index is 1.61. The number of fused-ring (bicyclic) bond motifs is 2. The highest BCUT2D eigenvalue weighted by Gasteiger charge is 2.31. The number of oxime groups is 1. The number of aromatic hydroxyl groups is 2. The summed E-state index contributed by atoms with van der Waals surface area (Å²) in [5, 5.41) is 27.8. The lowest BCUT2D eigenvalue weighted by Crippen LogP contribution is -2.24. The highest BCUT2D eigenvalue weighted by molar-refractivity contribution is 6.07. The maximum atomic E-state index is 12.9. The maximum absolute atomic E-state index is 12.9. The van der Waals surface area contributed by atoms with Crippen molar-refractivity contribution in [2.75, 3.05) is 0 Å². The molecule has 29 heavy (non-hydrogen) atoms. The lowest BCUT2D eigenvalue weighted by Gasteiger charge is -2.14. The van der Waals surface area contributed by atoms with Gasteiger partial charge >= 0.3 is 0 Å². The van der Waals surface area contributed by atoms with Crippen LogP contribution in [-0.2, 0) is 11.9 Å². The Morgan fingerprint density at radius 1 is 1.00 bits per heavy atom. The summed E-state index contributed by atoms with van der Waals surface area (Å²) in [7, 11) is 1.66. The van der Waals surface area contributed by atoms with E-state index in [1.165, 1.54) is 4.57 Å². The number of hydrogen-bond acceptors (Lipinski definition) is 5. The van der Waals surface area contributed by atoms with Crippen molar-refractivity contribution >= 4 is 27.4 Å². The molecule has 0 aliphatic carbocycles. The third-order valence-corrected chi connectivity index (χ3v) is 5.50. The molecule has 2 N–H and O–H groups in total. The number of aromatic nitrogens is 1. The summed E-state index contributed by atoms with van der Waals surface area (Å²) in [5.41, 5.74) is 1.42. The van der Waals surface area contributed by atoms with Crippen LogP contribution in [0.2, 0.25) is 0 Å². The molecule has 6 heteroatoms. The number of phenolic OH excluding ortho intramolecular Hbond substituents is 1. The van der Waals surface area contributed by atoms with E-state index in [4.69, 9.17) is 4.84 Å². The van der Waals surface area contributed by atoms with Crippen molar-refractivity contribution < 1.29 is 15.1 Å². The van der Waals surface area contributed by atoms with Crippen molar-refractivity contribution in [1.82, 2.24) is 4.57 Å². The third kappa shape index (κ3) is 2.56. The van der Waals surface area contributed by atoms with Gasteiger partial charge in [-0.15, -0.1) is 0 Å². The predicted octanol–water partition coefficient (Wildman–Crippen LogP) is 3.97. The van der Waals surface area contributed by atoms with Crippen LogP contribution in [0.15, 0.2) is 70.6 Å². The van der Waals surface area contributed by atoms with Crippen LogP contribution in [0.3, 0.4) is 0 Å². The van der Waals surface area contributed by atoms with Crippen LogP contribution >= 0.6 is 0 Å². The molecular weight excluding hydrogens is 368 g/mol. The minimum atomic E-state index is -0.549. The Bertz CT molecular complexity index is 1370. The SMILES string of the molecule is Cn1c(=O)c(C2=NOC(c3c(O)ccc4ccccc34)C2)c(O)c2ccccc21. The van der Waals surface area contributed by atoms with Gasteiger partial charge < -0.3 is 19.6 Å². The van der Waals surface area contributed by atoms with Gasteiger partial charge in [0.05, 0.1) is 5.52 Å². The van der Waals surface area contributed by atoms with E-state index in [-0.39, 0.29) is 29.0 Å². The van der Waals surface area contributed by atoms with Crippen LogP contribution in [0.5, 0.6) is 11.5 Å². The third-order valence-electron chi connectivity index (χ3n) is 5.50. The standard InChI is InChI=1S/C23H18N2O4/c1-25-17-9-5-4-8-15(17)22(27)21(23(25)28)16-12-19(29-24-16)20-14-7-3-2-6-13(14)10-11-18(20)26/h2-11,19,26-27H,12H2,1H3. The zero-order chi connectivity index (χ0) is 20.1. The molecule has 0 amide bonds. The Hall–Kier alpha value is -3.80. The van der Waals surface area contributed by atoms with E-state index in [0.29, 0.717) is 22.2 Å². The van der Waals surface area contributed by atoms with Crippen LogP contribution in [0.4, 0.5) is 0 Å². The molecule has 0 radical (unpaired) electrons. The van der Waals surface area contributed by atoms with Crippen LogP contribution in [0.25, 0.3) is 21.7 Å². The van der Waals surface area contributed by atoms with E-state index in [2.05, 4.69) is 5.16 Å². The van der Waals surface area contributed by atoms with Crippen molar-refractivity contribution in [3.63, 3.8) is 0 Å². The second-order valence-corrected chi connectivity index (χ2v) is 7.16. The van der Waals surface area contributed by atoms with Gasteiger partial charge in [-0.3, -0.25) is 4.79 Å².